The fraction of sp³-hybridized carbons (Fsp3) is 0.500. The molecule has 0 spiro atoms. The van der Waals surface area contributed by atoms with E-state index in [1.54, 1.807) is 23.9 Å². The minimum Gasteiger partial charge on any atom is -0.480 e. The van der Waals surface area contributed by atoms with Gasteiger partial charge >= 0.3 is 5.97 Å². The van der Waals surface area contributed by atoms with Crippen LogP contribution in [0, 0.1) is 5.92 Å². The molecule has 0 aliphatic heterocycles. The van der Waals surface area contributed by atoms with E-state index >= 15 is 0 Å². The van der Waals surface area contributed by atoms with E-state index in [2.05, 4.69) is 24.5 Å². The first-order chi connectivity index (χ1) is 11.7. The van der Waals surface area contributed by atoms with E-state index in [0.717, 1.165) is 4.90 Å². The van der Waals surface area contributed by atoms with E-state index in [4.69, 9.17) is 5.11 Å². The molecule has 0 unspecified atom stereocenters. The van der Waals surface area contributed by atoms with Crippen molar-refractivity contribution in [1.82, 2.24) is 10.6 Å². The number of hydrogen-bond acceptors (Lipinski definition) is 4. The highest BCUT2D eigenvalue weighted by Crippen LogP contribution is 2.22. The van der Waals surface area contributed by atoms with Crippen molar-refractivity contribution in [2.24, 2.45) is 5.92 Å². The molecule has 0 heterocycles. The van der Waals surface area contributed by atoms with Gasteiger partial charge in [-0.2, -0.15) is 0 Å². The molecule has 0 saturated carbocycles. The third-order valence-corrected chi connectivity index (χ3v) is 4.25. The van der Waals surface area contributed by atoms with E-state index in [9.17, 15) is 14.4 Å². The van der Waals surface area contributed by atoms with E-state index in [0.29, 0.717) is 17.2 Å². The number of nitrogens with one attached hydrogen (secondary N) is 2. The van der Waals surface area contributed by atoms with Gasteiger partial charge in [0.15, 0.2) is 0 Å². The third kappa shape index (κ3) is 8.07. The van der Waals surface area contributed by atoms with Crippen molar-refractivity contribution in [2.45, 2.75) is 50.3 Å². The number of hydrogen-bond donors (Lipinski definition) is 3. The maximum Gasteiger partial charge on any atom is 0.326 e. The van der Waals surface area contributed by atoms with Crippen LogP contribution in [0.3, 0.4) is 0 Å². The van der Waals surface area contributed by atoms with E-state index in [1.807, 2.05) is 26.0 Å². The number of aliphatic carboxylic acids is 1. The molecular formula is C18H26N2O4S. The number of benzene rings is 1. The Balaban J connectivity index is 2.52. The summed E-state index contributed by atoms with van der Waals surface area (Å²) >= 11 is 1.70. The number of carbonyl (C=O) groups excluding carboxylic acids is 2. The van der Waals surface area contributed by atoms with Crippen LogP contribution in [0.5, 0.6) is 0 Å². The molecule has 0 saturated heterocycles. The number of carboxylic acids is 1. The van der Waals surface area contributed by atoms with Crippen LogP contribution in [0.25, 0.3) is 0 Å². The molecular weight excluding hydrogens is 340 g/mol. The molecule has 2 amide bonds. The predicted molar refractivity (Wildman–Crippen MR) is 98.8 cm³/mol. The number of thioether (sulfide) groups is 1. The van der Waals surface area contributed by atoms with Crippen molar-refractivity contribution >= 4 is 29.5 Å². The van der Waals surface area contributed by atoms with Gasteiger partial charge in [0.25, 0.3) is 5.91 Å². The van der Waals surface area contributed by atoms with E-state index in [-0.39, 0.29) is 18.4 Å². The predicted octanol–water partition coefficient (Wildman–Crippen LogP) is 2.53. The van der Waals surface area contributed by atoms with Crippen molar-refractivity contribution in [1.29, 1.82) is 0 Å². The van der Waals surface area contributed by atoms with Crippen LogP contribution in [0.15, 0.2) is 29.2 Å². The van der Waals surface area contributed by atoms with Crippen molar-refractivity contribution < 1.29 is 19.5 Å². The molecule has 0 radical (unpaired) electrons. The molecule has 0 aliphatic rings. The Bertz CT molecular complexity index is 600. The molecule has 1 rings (SSSR count). The first-order valence-electron chi connectivity index (χ1n) is 8.26. The van der Waals surface area contributed by atoms with Gasteiger partial charge in [-0.15, -0.1) is 11.8 Å². The summed E-state index contributed by atoms with van der Waals surface area (Å²) < 4.78 is 0. The van der Waals surface area contributed by atoms with Crippen LogP contribution < -0.4 is 10.6 Å². The minimum atomic E-state index is -1.08. The van der Waals surface area contributed by atoms with Gasteiger partial charge in [0.2, 0.25) is 5.91 Å². The second-order valence-corrected chi connectivity index (χ2v) is 8.11. The van der Waals surface area contributed by atoms with Crippen molar-refractivity contribution in [2.75, 3.05) is 6.54 Å². The molecule has 1 atom stereocenters. The first kappa shape index (κ1) is 21.0. The number of carboxylic acid groups (broad SMARTS) is 1. The van der Waals surface area contributed by atoms with Crippen molar-refractivity contribution in [3.63, 3.8) is 0 Å². The molecule has 7 heteroatoms. The second kappa shape index (κ2) is 10.1. The lowest BCUT2D eigenvalue weighted by Crippen LogP contribution is -2.46. The zero-order valence-electron chi connectivity index (χ0n) is 15.0. The highest BCUT2D eigenvalue weighted by atomic mass is 32.2. The van der Waals surface area contributed by atoms with Gasteiger partial charge in [-0.3, -0.25) is 9.59 Å². The molecule has 25 heavy (non-hydrogen) atoms. The molecule has 0 aromatic heterocycles. The Morgan fingerprint density at radius 3 is 2.16 bits per heavy atom. The summed E-state index contributed by atoms with van der Waals surface area (Å²) in [6.45, 7) is 7.68. The maximum atomic E-state index is 12.1. The van der Waals surface area contributed by atoms with Crippen LogP contribution in [-0.4, -0.2) is 40.7 Å². The summed E-state index contributed by atoms with van der Waals surface area (Å²) in [5.74, 6) is -1.83. The molecule has 138 valence electrons. The quantitative estimate of drug-likeness (QED) is 0.584. The van der Waals surface area contributed by atoms with Gasteiger partial charge in [-0.25, -0.2) is 4.79 Å². The fourth-order valence-electron chi connectivity index (χ4n) is 2.16. The van der Waals surface area contributed by atoms with Gasteiger partial charge in [0.1, 0.15) is 6.04 Å². The SMILES string of the molecule is CC(C)C[C@H](NC(=O)CNC(=O)c1ccc(SC(C)C)cc1)C(=O)O. The Hall–Kier alpha value is -2.02. The number of amides is 2. The zero-order chi connectivity index (χ0) is 19.0. The van der Waals surface area contributed by atoms with Crippen molar-refractivity contribution in [3.05, 3.63) is 29.8 Å². The van der Waals surface area contributed by atoms with Crippen LogP contribution in [0.1, 0.15) is 44.5 Å². The van der Waals surface area contributed by atoms with Crippen LogP contribution in [0.2, 0.25) is 0 Å². The second-order valence-electron chi connectivity index (χ2n) is 6.46. The monoisotopic (exact) mass is 366 g/mol. The van der Waals surface area contributed by atoms with Gasteiger partial charge in [-0.1, -0.05) is 27.7 Å². The van der Waals surface area contributed by atoms with E-state index in [1.165, 1.54) is 0 Å². The normalized spacial score (nSPS) is 12.1. The Labute approximate surface area is 152 Å². The molecule has 6 nitrogen and oxygen atoms in total. The fourth-order valence-corrected chi connectivity index (χ4v) is 3.00. The minimum absolute atomic E-state index is 0.137. The van der Waals surface area contributed by atoms with Gasteiger partial charge < -0.3 is 15.7 Å². The van der Waals surface area contributed by atoms with Gasteiger partial charge in [0.05, 0.1) is 6.54 Å². The lowest BCUT2D eigenvalue weighted by Gasteiger charge is -2.16. The zero-order valence-corrected chi connectivity index (χ0v) is 15.9. The highest BCUT2D eigenvalue weighted by Gasteiger charge is 2.21. The lowest BCUT2D eigenvalue weighted by atomic mass is 10.0. The van der Waals surface area contributed by atoms with Crippen LogP contribution in [0.4, 0.5) is 0 Å². The summed E-state index contributed by atoms with van der Waals surface area (Å²) in [6, 6.07) is 6.19. The topological polar surface area (TPSA) is 95.5 Å². The highest BCUT2D eigenvalue weighted by molar-refractivity contribution is 7.99. The van der Waals surface area contributed by atoms with E-state index < -0.39 is 17.9 Å². The average molecular weight is 366 g/mol. The molecule has 0 bridgehead atoms. The molecule has 1 aromatic carbocycles. The molecule has 0 aliphatic carbocycles. The number of carbonyl (C=O) groups is 3. The summed E-state index contributed by atoms with van der Waals surface area (Å²) in [5, 5.41) is 14.5. The van der Waals surface area contributed by atoms with Gasteiger partial charge in [0, 0.05) is 15.7 Å². The summed E-state index contributed by atoms with van der Waals surface area (Å²) in [6.07, 6.45) is 0.337. The third-order valence-electron chi connectivity index (χ3n) is 3.24. The molecule has 0 fully saturated rings. The Kier molecular flexibility index (Phi) is 8.48. The lowest BCUT2D eigenvalue weighted by molar-refractivity contribution is -0.142. The maximum absolute atomic E-state index is 12.1. The number of rotatable bonds is 9. The Morgan fingerprint density at radius 1 is 1.08 bits per heavy atom. The summed E-state index contributed by atoms with van der Waals surface area (Å²) in [7, 11) is 0. The molecule has 1 aromatic rings. The standard InChI is InChI=1S/C18H26N2O4S/c1-11(2)9-15(18(23)24)20-16(21)10-19-17(22)13-5-7-14(8-6-13)25-12(3)4/h5-8,11-12,15H,9-10H2,1-4H3,(H,19,22)(H,20,21)(H,23,24)/t15-/m0/s1. The summed E-state index contributed by atoms with van der Waals surface area (Å²) in [4.78, 5) is 36.1. The van der Waals surface area contributed by atoms with Crippen LogP contribution >= 0.6 is 11.8 Å². The van der Waals surface area contributed by atoms with Gasteiger partial charge in [-0.05, 0) is 36.6 Å². The van der Waals surface area contributed by atoms with Crippen molar-refractivity contribution in [3.8, 4) is 0 Å². The molecule has 3 N–H and O–H groups in total. The van der Waals surface area contributed by atoms with Crippen LogP contribution in [-0.2, 0) is 9.59 Å². The largest absolute Gasteiger partial charge is 0.480 e. The summed E-state index contributed by atoms with van der Waals surface area (Å²) in [5.41, 5.74) is 0.456. The Morgan fingerprint density at radius 2 is 1.68 bits per heavy atom. The average Bonchev–Trinajstić information content (AvgIpc) is 2.51. The smallest absolute Gasteiger partial charge is 0.326 e. The first-order valence-corrected chi connectivity index (χ1v) is 9.14.